The van der Waals surface area contributed by atoms with Crippen LogP contribution >= 0.6 is 0 Å². The van der Waals surface area contributed by atoms with Crippen LogP contribution in [-0.2, 0) is 0 Å². The zero-order valence-corrected chi connectivity index (χ0v) is 14.5. The lowest BCUT2D eigenvalue weighted by Crippen LogP contribution is -2.29. The van der Waals surface area contributed by atoms with Crippen LogP contribution in [0.1, 0.15) is 25.7 Å². The van der Waals surface area contributed by atoms with Crippen LogP contribution in [0.4, 0.5) is 11.4 Å². The Morgan fingerprint density at radius 2 is 1.88 bits per heavy atom. The SMILES string of the molecule is Nc1ccc(Oc2ccccc2OCCCC2CCCNC2)cc1N. The van der Waals surface area contributed by atoms with Gasteiger partial charge in [0.25, 0.3) is 0 Å². The first kappa shape index (κ1) is 17.4. The molecule has 1 aliphatic heterocycles. The average Bonchev–Trinajstić information content (AvgIpc) is 2.64. The van der Waals surface area contributed by atoms with Crippen LogP contribution in [0.2, 0.25) is 0 Å². The molecule has 0 bridgehead atoms. The van der Waals surface area contributed by atoms with Crippen LogP contribution in [0, 0.1) is 5.92 Å². The van der Waals surface area contributed by atoms with Crippen molar-refractivity contribution in [3.8, 4) is 17.2 Å². The van der Waals surface area contributed by atoms with E-state index in [0.717, 1.165) is 31.2 Å². The summed E-state index contributed by atoms with van der Waals surface area (Å²) >= 11 is 0. The van der Waals surface area contributed by atoms with Crippen LogP contribution in [0.25, 0.3) is 0 Å². The fourth-order valence-electron chi connectivity index (χ4n) is 3.12. The van der Waals surface area contributed by atoms with E-state index >= 15 is 0 Å². The first-order valence-corrected chi connectivity index (χ1v) is 8.98. The molecule has 0 aliphatic carbocycles. The molecular formula is C20H27N3O2. The maximum absolute atomic E-state index is 5.95. The van der Waals surface area contributed by atoms with E-state index < -0.39 is 0 Å². The van der Waals surface area contributed by atoms with Gasteiger partial charge in [0.1, 0.15) is 5.75 Å². The van der Waals surface area contributed by atoms with Crippen molar-refractivity contribution in [3.05, 3.63) is 42.5 Å². The number of anilines is 2. The van der Waals surface area contributed by atoms with Crippen LogP contribution in [-0.4, -0.2) is 19.7 Å². The standard InChI is InChI=1S/C20H27N3O2/c21-17-10-9-16(13-18(17)22)25-20-8-2-1-7-19(20)24-12-4-6-15-5-3-11-23-14-15/h1-2,7-10,13,15,23H,3-6,11-12,14,21-22H2. The fraction of sp³-hybridized carbons (Fsp3) is 0.400. The summed E-state index contributed by atoms with van der Waals surface area (Å²) < 4.78 is 11.9. The van der Waals surface area contributed by atoms with E-state index in [4.69, 9.17) is 20.9 Å². The molecule has 134 valence electrons. The van der Waals surface area contributed by atoms with Gasteiger partial charge in [0.05, 0.1) is 18.0 Å². The van der Waals surface area contributed by atoms with Gasteiger partial charge in [-0.15, -0.1) is 0 Å². The maximum Gasteiger partial charge on any atom is 0.169 e. The minimum absolute atomic E-state index is 0.511. The summed E-state index contributed by atoms with van der Waals surface area (Å²) in [4.78, 5) is 0. The van der Waals surface area contributed by atoms with E-state index in [1.54, 1.807) is 18.2 Å². The van der Waals surface area contributed by atoms with Crippen LogP contribution in [0.15, 0.2) is 42.5 Å². The number of hydrogen-bond acceptors (Lipinski definition) is 5. The number of piperidine rings is 1. The van der Waals surface area contributed by atoms with Gasteiger partial charge in [-0.1, -0.05) is 12.1 Å². The Kier molecular flexibility index (Phi) is 6.01. The molecule has 1 fully saturated rings. The third kappa shape index (κ3) is 5.03. The van der Waals surface area contributed by atoms with Gasteiger partial charge in [-0.05, 0) is 69.0 Å². The molecule has 5 heteroatoms. The Labute approximate surface area is 149 Å². The van der Waals surface area contributed by atoms with Gasteiger partial charge in [0.2, 0.25) is 0 Å². The Morgan fingerprint density at radius 1 is 1.04 bits per heavy atom. The second-order valence-corrected chi connectivity index (χ2v) is 6.54. The topological polar surface area (TPSA) is 82.5 Å². The molecule has 5 N–H and O–H groups in total. The molecule has 1 heterocycles. The Morgan fingerprint density at radius 3 is 2.64 bits per heavy atom. The number of benzene rings is 2. The molecule has 1 saturated heterocycles. The Balaban J connectivity index is 1.54. The van der Waals surface area contributed by atoms with Crippen LogP contribution in [0.3, 0.4) is 0 Å². The minimum atomic E-state index is 0.511. The molecule has 3 rings (SSSR count). The van der Waals surface area contributed by atoms with Crippen molar-refractivity contribution in [3.63, 3.8) is 0 Å². The second kappa shape index (κ2) is 8.62. The molecule has 0 spiro atoms. The smallest absolute Gasteiger partial charge is 0.169 e. The predicted molar refractivity (Wildman–Crippen MR) is 102 cm³/mol. The molecule has 2 aromatic rings. The van der Waals surface area contributed by atoms with Gasteiger partial charge >= 0.3 is 0 Å². The molecule has 1 atom stereocenters. The van der Waals surface area contributed by atoms with Gasteiger partial charge in [-0.3, -0.25) is 0 Å². The third-order valence-electron chi connectivity index (χ3n) is 4.55. The number of nitrogen functional groups attached to an aromatic ring is 2. The monoisotopic (exact) mass is 341 g/mol. The van der Waals surface area contributed by atoms with Gasteiger partial charge in [0, 0.05) is 6.07 Å². The molecule has 0 saturated carbocycles. The van der Waals surface area contributed by atoms with Crippen molar-refractivity contribution >= 4 is 11.4 Å². The lowest BCUT2D eigenvalue weighted by Gasteiger charge is -2.22. The summed E-state index contributed by atoms with van der Waals surface area (Å²) in [5.74, 6) is 2.86. The number of rotatable bonds is 7. The normalized spacial score (nSPS) is 17.2. The van der Waals surface area contributed by atoms with Crippen molar-refractivity contribution in [1.29, 1.82) is 0 Å². The molecule has 0 aromatic heterocycles. The summed E-state index contributed by atoms with van der Waals surface area (Å²) in [5.41, 5.74) is 12.6. The second-order valence-electron chi connectivity index (χ2n) is 6.54. The quantitative estimate of drug-likeness (QED) is 0.527. The van der Waals surface area contributed by atoms with E-state index in [9.17, 15) is 0 Å². The van der Waals surface area contributed by atoms with Crippen molar-refractivity contribution < 1.29 is 9.47 Å². The largest absolute Gasteiger partial charge is 0.490 e. The van der Waals surface area contributed by atoms with Gasteiger partial charge in [-0.2, -0.15) is 0 Å². The molecule has 2 aromatic carbocycles. The molecule has 1 aliphatic rings. The minimum Gasteiger partial charge on any atom is -0.490 e. The van der Waals surface area contributed by atoms with Gasteiger partial charge < -0.3 is 26.3 Å². The van der Waals surface area contributed by atoms with E-state index in [1.165, 1.54) is 19.3 Å². The van der Waals surface area contributed by atoms with E-state index in [0.29, 0.717) is 29.5 Å². The highest BCUT2D eigenvalue weighted by molar-refractivity contribution is 5.65. The number of hydrogen-bond donors (Lipinski definition) is 3. The van der Waals surface area contributed by atoms with Crippen molar-refractivity contribution in [1.82, 2.24) is 5.32 Å². The van der Waals surface area contributed by atoms with Crippen LogP contribution < -0.4 is 26.3 Å². The van der Waals surface area contributed by atoms with E-state index in [-0.39, 0.29) is 0 Å². The first-order valence-electron chi connectivity index (χ1n) is 8.98. The summed E-state index contributed by atoms with van der Waals surface area (Å²) in [7, 11) is 0. The van der Waals surface area contributed by atoms with E-state index in [1.807, 2.05) is 24.3 Å². The number of nitrogens with one attached hydrogen (secondary N) is 1. The van der Waals surface area contributed by atoms with Crippen molar-refractivity contribution in [2.75, 3.05) is 31.2 Å². The summed E-state index contributed by atoms with van der Waals surface area (Å²) in [6.07, 6.45) is 4.86. The maximum atomic E-state index is 5.95. The molecule has 25 heavy (non-hydrogen) atoms. The lowest BCUT2D eigenvalue weighted by atomic mass is 9.95. The summed E-state index contributed by atoms with van der Waals surface area (Å²) in [6.45, 7) is 2.99. The predicted octanol–water partition coefficient (Wildman–Crippen LogP) is 3.80. The van der Waals surface area contributed by atoms with Crippen LogP contribution in [0.5, 0.6) is 17.2 Å². The molecule has 1 unspecified atom stereocenters. The number of nitrogens with two attached hydrogens (primary N) is 2. The number of para-hydroxylation sites is 2. The lowest BCUT2D eigenvalue weighted by molar-refractivity contribution is 0.268. The van der Waals surface area contributed by atoms with Gasteiger partial charge in [0.15, 0.2) is 11.5 Å². The average molecular weight is 341 g/mol. The zero-order chi connectivity index (χ0) is 17.5. The Hall–Kier alpha value is -2.40. The first-order chi connectivity index (χ1) is 12.2. The van der Waals surface area contributed by atoms with E-state index in [2.05, 4.69) is 5.32 Å². The highest BCUT2D eigenvalue weighted by atomic mass is 16.5. The molecule has 0 amide bonds. The van der Waals surface area contributed by atoms with Crippen molar-refractivity contribution in [2.45, 2.75) is 25.7 Å². The highest BCUT2D eigenvalue weighted by Crippen LogP contribution is 2.33. The highest BCUT2D eigenvalue weighted by Gasteiger charge is 2.13. The van der Waals surface area contributed by atoms with Gasteiger partial charge in [-0.25, -0.2) is 0 Å². The molecule has 0 radical (unpaired) electrons. The molecular weight excluding hydrogens is 314 g/mol. The summed E-state index contributed by atoms with van der Waals surface area (Å²) in [6, 6.07) is 13.0. The third-order valence-corrected chi connectivity index (χ3v) is 4.55. The summed E-state index contributed by atoms with van der Waals surface area (Å²) in [5, 5.41) is 3.46. The zero-order valence-electron chi connectivity index (χ0n) is 14.5. The van der Waals surface area contributed by atoms with Crippen molar-refractivity contribution in [2.24, 2.45) is 5.92 Å². The fourth-order valence-corrected chi connectivity index (χ4v) is 3.12. The number of ether oxygens (including phenoxy) is 2. The Bertz CT molecular complexity index is 684. The molecule has 5 nitrogen and oxygen atoms in total.